The molecule has 7 heteroatoms. The maximum absolute atomic E-state index is 11.7. The Labute approximate surface area is 133 Å². The Morgan fingerprint density at radius 1 is 1.09 bits per heavy atom. The van der Waals surface area contributed by atoms with Crippen molar-refractivity contribution in [1.29, 1.82) is 0 Å². The normalized spacial score (nSPS) is 11.4. The van der Waals surface area contributed by atoms with E-state index in [9.17, 15) is 18.5 Å². The molecule has 5 nitrogen and oxygen atoms in total. The van der Waals surface area contributed by atoms with Gasteiger partial charge in [-0.25, -0.2) is 8.42 Å². The second-order valence-electron chi connectivity index (χ2n) is 4.98. The van der Waals surface area contributed by atoms with E-state index in [0.29, 0.717) is 4.90 Å². The second-order valence-corrected chi connectivity index (χ2v) is 8.08. The number of hydrogen-bond donors (Lipinski definition) is 0. The number of para-hydroxylation sites is 1. The fraction of sp³-hybridized carbons (Fsp3) is 0.200. The molecule has 0 unspecified atom stereocenters. The Kier molecular flexibility index (Phi) is 4.58. The highest BCUT2D eigenvalue weighted by Gasteiger charge is 2.26. The minimum atomic E-state index is -3.66. The van der Waals surface area contributed by atoms with Crippen LogP contribution in [0.2, 0.25) is 0 Å². The summed E-state index contributed by atoms with van der Waals surface area (Å²) in [5.41, 5.74) is 1.84. The molecule has 2 aromatic carbocycles. The molecular weight excluding hydrogens is 322 g/mol. The van der Waals surface area contributed by atoms with E-state index in [4.69, 9.17) is 0 Å². The molecule has 116 valence electrons. The standard InChI is InChI=1S/C15H15NO4S2/c1-10-7-8-12(9-11(10)2)21-13-5-4-6-14(22(3,19)20)15(13)16(17)18/h4-9H,1-3H3. The monoisotopic (exact) mass is 337 g/mol. The van der Waals surface area contributed by atoms with Gasteiger partial charge in [0.2, 0.25) is 0 Å². The molecular formula is C15H15NO4S2. The SMILES string of the molecule is Cc1ccc(Sc2cccc(S(C)(=O)=O)c2[N+](=O)[O-])cc1C. The number of nitro groups is 1. The zero-order valence-corrected chi connectivity index (χ0v) is 14.0. The molecule has 0 bridgehead atoms. The molecule has 0 N–H and O–H groups in total. The fourth-order valence-electron chi connectivity index (χ4n) is 1.97. The summed E-state index contributed by atoms with van der Waals surface area (Å²) >= 11 is 1.19. The number of nitrogens with zero attached hydrogens (tertiary/aromatic N) is 1. The van der Waals surface area contributed by atoms with Gasteiger partial charge in [0.25, 0.3) is 0 Å². The average Bonchev–Trinajstić information content (AvgIpc) is 2.41. The molecule has 0 atom stereocenters. The minimum Gasteiger partial charge on any atom is -0.258 e. The highest BCUT2D eigenvalue weighted by Crippen LogP contribution is 2.38. The van der Waals surface area contributed by atoms with Crippen molar-refractivity contribution in [3.05, 3.63) is 57.6 Å². The summed E-state index contributed by atoms with van der Waals surface area (Å²) in [6.07, 6.45) is 0.972. The lowest BCUT2D eigenvalue weighted by Crippen LogP contribution is -2.03. The van der Waals surface area contributed by atoms with Gasteiger partial charge in [-0.1, -0.05) is 23.9 Å². The van der Waals surface area contributed by atoms with E-state index < -0.39 is 14.8 Å². The predicted octanol–water partition coefficient (Wildman–Crippen LogP) is 3.77. The van der Waals surface area contributed by atoms with E-state index in [-0.39, 0.29) is 10.6 Å². The first-order valence-electron chi connectivity index (χ1n) is 6.42. The first kappa shape index (κ1) is 16.5. The first-order valence-corrected chi connectivity index (χ1v) is 9.13. The lowest BCUT2D eigenvalue weighted by Gasteiger charge is -2.08. The average molecular weight is 337 g/mol. The Balaban J connectivity index is 2.56. The Morgan fingerprint density at radius 2 is 1.77 bits per heavy atom. The molecule has 0 spiro atoms. The molecule has 0 aromatic heterocycles. The maximum Gasteiger partial charge on any atom is 0.301 e. The van der Waals surface area contributed by atoms with Gasteiger partial charge in [-0.2, -0.15) is 0 Å². The van der Waals surface area contributed by atoms with E-state index in [1.54, 1.807) is 6.07 Å². The summed E-state index contributed by atoms with van der Waals surface area (Å²) in [5.74, 6) is 0. The first-order chi connectivity index (χ1) is 10.2. The van der Waals surface area contributed by atoms with Crippen molar-refractivity contribution in [1.82, 2.24) is 0 Å². The molecule has 0 aliphatic heterocycles. The molecule has 0 fully saturated rings. The van der Waals surface area contributed by atoms with E-state index in [1.807, 2.05) is 32.0 Å². The maximum atomic E-state index is 11.7. The lowest BCUT2D eigenvalue weighted by molar-refractivity contribution is -0.390. The number of nitro benzene ring substituents is 1. The number of rotatable bonds is 4. The summed E-state index contributed by atoms with van der Waals surface area (Å²) in [7, 11) is -3.66. The van der Waals surface area contributed by atoms with Crippen molar-refractivity contribution in [3.8, 4) is 0 Å². The van der Waals surface area contributed by atoms with Crippen molar-refractivity contribution in [3.63, 3.8) is 0 Å². The van der Waals surface area contributed by atoms with Crippen LogP contribution in [0.5, 0.6) is 0 Å². The van der Waals surface area contributed by atoms with Crippen molar-refractivity contribution in [2.45, 2.75) is 28.5 Å². The summed E-state index contributed by atoms with van der Waals surface area (Å²) in [4.78, 5) is 11.6. The zero-order chi connectivity index (χ0) is 16.5. The van der Waals surface area contributed by atoms with Crippen molar-refractivity contribution >= 4 is 27.3 Å². The van der Waals surface area contributed by atoms with Crippen LogP contribution in [0.25, 0.3) is 0 Å². The van der Waals surface area contributed by atoms with Crippen LogP contribution in [-0.4, -0.2) is 19.6 Å². The number of sulfone groups is 1. The van der Waals surface area contributed by atoms with Crippen LogP contribution in [0.3, 0.4) is 0 Å². The quantitative estimate of drug-likeness (QED) is 0.627. The van der Waals surface area contributed by atoms with Crippen molar-refractivity contribution in [2.75, 3.05) is 6.26 Å². The molecule has 0 amide bonds. The topological polar surface area (TPSA) is 77.3 Å². The summed E-state index contributed by atoms with van der Waals surface area (Å²) < 4.78 is 23.5. The molecule has 0 saturated heterocycles. The molecule has 2 rings (SSSR count). The highest BCUT2D eigenvalue weighted by atomic mass is 32.2. The lowest BCUT2D eigenvalue weighted by atomic mass is 10.1. The van der Waals surface area contributed by atoms with Gasteiger partial charge in [-0.3, -0.25) is 10.1 Å². The van der Waals surface area contributed by atoms with Crippen molar-refractivity contribution in [2.24, 2.45) is 0 Å². The van der Waals surface area contributed by atoms with Crippen LogP contribution in [0.1, 0.15) is 11.1 Å². The van der Waals surface area contributed by atoms with Gasteiger partial charge in [0.15, 0.2) is 9.84 Å². The van der Waals surface area contributed by atoms with E-state index in [2.05, 4.69) is 0 Å². The van der Waals surface area contributed by atoms with Gasteiger partial charge in [0.05, 0.1) is 9.82 Å². The highest BCUT2D eigenvalue weighted by molar-refractivity contribution is 7.99. The number of hydrogen-bond acceptors (Lipinski definition) is 5. The minimum absolute atomic E-state index is 0.258. The van der Waals surface area contributed by atoms with Crippen LogP contribution in [0, 0.1) is 24.0 Å². The van der Waals surface area contributed by atoms with Gasteiger partial charge in [-0.05, 0) is 49.2 Å². The zero-order valence-electron chi connectivity index (χ0n) is 12.4. The number of benzene rings is 2. The second kappa shape index (κ2) is 6.10. The molecule has 0 saturated carbocycles. The van der Waals surface area contributed by atoms with Crippen LogP contribution in [-0.2, 0) is 9.84 Å². The summed E-state index contributed by atoms with van der Waals surface area (Å²) in [5, 5.41) is 11.3. The molecule has 0 aliphatic carbocycles. The van der Waals surface area contributed by atoms with Gasteiger partial charge >= 0.3 is 5.69 Å². The fourth-order valence-corrected chi connectivity index (χ4v) is 3.95. The molecule has 0 aliphatic rings. The molecule has 22 heavy (non-hydrogen) atoms. The smallest absolute Gasteiger partial charge is 0.258 e. The summed E-state index contributed by atoms with van der Waals surface area (Å²) in [6.45, 7) is 3.94. The third kappa shape index (κ3) is 3.48. The summed E-state index contributed by atoms with van der Waals surface area (Å²) in [6, 6.07) is 10.1. The van der Waals surface area contributed by atoms with E-state index >= 15 is 0 Å². The van der Waals surface area contributed by atoms with Gasteiger partial charge in [0.1, 0.15) is 4.90 Å². The predicted molar refractivity (Wildman–Crippen MR) is 86.2 cm³/mol. The number of aryl methyl sites for hydroxylation is 2. The Morgan fingerprint density at radius 3 is 2.32 bits per heavy atom. The van der Waals surface area contributed by atoms with Crippen molar-refractivity contribution < 1.29 is 13.3 Å². The van der Waals surface area contributed by atoms with Crippen LogP contribution < -0.4 is 0 Å². The Hall–Kier alpha value is -1.86. The van der Waals surface area contributed by atoms with E-state index in [1.165, 1.54) is 23.9 Å². The third-order valence-electron chi connectivity index (χ3n) is 3.25. The van der Waals surface area contributed by atoms with Crippen LogP contribution >= 0.6 is 11.8 Å². The molecule has 2 aromatic rings. The molecule has 0 heterocycles. The van der Waals surface area contributed by atoms with Crippen LogP contribution in [0.4, 0.5) is 5.69 Å². The van der Waals surface area contributed by atoms with E-state index in [0.717, 1.165) is 22.3 Å². The van der Waals surface area contributed by atoms with Gasteiger partial charge in [-0.15, -0.1) is 0 Å². The van der Waals surface area contributed by atoms with Gasteiger partial charge in [0, 0.05) is 11.2 Å². The van der Waals surface area contributed by atoms with Gasteiger partial charge < -0.3 is 0 Å². The largest absolute Gasteiger partial charge is 0.301 e. The van der Waals surface area contributed by atoms with Crippen LogP contribution in [0.15, 0.2) is 51.1 Å². The Bertz CT molecular complexity index is 845. The third-order valence-corrected chi connectivity index (χ3v) is 5.42. The molecule has 0 radical (unpaired) electrons.